The summed E-state index contributed by atoms with van der Waals surface area (Å²) in [4.78, 5) is 23.9. The largest absolute Gasteiger partial charge is 0.493 e. The topological polar surface area (TPSA) is 98.3 Å². The van der Waals surface area contributed by atoms with Gasteiger partial charge in [0.15, 0.2) is 11.5 Å². The Morgan fingerprint density at radius 1 is 0.929 bits per heavy atom. The molecule has 2 aromatic carbocycles. The van der Waals surface area contributed by atoms with Crippen LogP contribution in [0.1, 0.15) is 18.1 Å². The summed E-state index contributed by atoms with van der Waals surface area (Å²) < 4.78 is 15.8. The highest BCUT2D eigenvalue weighted by atomic mass is 16.5. The summed E-state index contributed by atoms with van der Waals surface area (Å²) in [5.74, 6) is -0.432. The number of carbonyl (C=O) groups excluding carboxylic acids is 2. The second-order valence-electron chi connectivity index (χ2n) is 5.63. The number of nitrogens with one attached hydrogen (secondary N) is 2. The Balaban J connectivity index is 2.03. The standard InChI is InChI=1S/C20H23N3O5/c1-5-13-6-9-15(10-7-13)22-19(24)20(25)23-21-12-14-8-11-16(26-2)18(28-4)17(14)27-3/h6-12H,5H2,1-4H3,(H,22,24)(H,23,25)/b21-12+. The molecule has 0 atom stereocenters. The zero-order chi connectivity index (χ0) is 20.5. The number of methoxy groups -OCH3 is 3. The number of carbonyl (C=O) groups is 2. The second kappa shape index (κ2) is 9.96. The third-order valence-corrected chi connectivity index (χ3v) is 3.93. The van der Waals surface area contributed by atoms with E-state index < -0.39 is 11.8 Å². The van der Waals surface area contributed by atoms with E-state index in [1.54, 1.807) is 24.3 Å². The van der Waals surface area contributed by atoms with Crippen LogP contribution >= 0.6 is 0 Å². The van der Waals surface area contributed by atoms with Gasteiger partial charge in [0.25, 0.3) is 0 Å². The second-order valence-corrected chi connectivity index (χ2v) is 5.63. The summed E-state index contributed by atoms with van der Waals surface area (Å²) in [5.41, 5.74) is 4.39. The van der Waals surface area contributed by atoms with Gasteiger partial charge in [0.05, 0.1) is 27.5 Å². The van der Waals surface area contributed by atoms with E-state index in [-0.39, 0.29) is 0 Å². The van der Waals surface area contributed by atoms with E-state index in [1.807, 2.05) is 19.1 Å². The Morgan fingerprint density at radius 3 is 2.18 bits per heavy atom. The average Bonchev–Trinajstić information content (AvgIpc) is 2.73. The Kier molecular flexibility index (Phi) is 7.38. The first-order valence-electron chi connectivity index (χ1n) is 8.56. The fourth-order valence-electron chi connectivity index (χ4n) is 2.45. The Labute approximate surface area is 163 Å². The minimum absolute atomic E-state index is 0.389. The van der Waals surface area contributed by atoms with Crippen molar-refractivity contribution >= 4 is 23.7 Å². The van der Waals surface area contributed by atoms with Gasteiger partial charge in [-0.05, 0) is 36.2 Å². The molecule has 8 heteroatoms. The molecule has 8 nitrogen and oxygen atoms in total. The van der Waals surface area contributed by atoms with Crippen molar-refractivity contribution in [2.45, 2.75) is 13.3 Å². The number of benzene rings is 2. The first-order valence-corrected chi connectivity index (χ1v) is 8.56. The van der Waals surface area contributed by atoms with E-state index in [1.165, 1.54) is 27.5 Å². The maximum Gasteiger partial charge on any atom is 0.329 e. The molecule has 28 heavy (non-hydrogen) atoms. The van der Waals surface area contributed by atoms with Crippen LogP contribution in [0.3, 0.4) is 0 Å². The zero-order valence-corrected chi connectivity index (χ0v) is 16.2. The van der Waals surface area contributed by atoms with Gasteiger partial charge in [-0.15, -0.1) is 0 Å². The fraction of sp³-hybridized carbons (Fsp3) is 0.250. The maximum atomic E-state index is 12.0. The lowest BCUT2D eigenvalue weighted by Crippen LogP contribution is -2.32. The molecule has 0 aromatic heterocycles. The normalized spacial score (nSPS) is 10.4. The average molecular weight is 385 g/mol. The predicted molar refractivity (Wildman–Crippen MR) is 106 cm³/mol. The van der Waals surface area contributed by atoms with Crippen molar-refractivity contribution in [1.29, 1.82) is 0 Å². The number of hydrazone groups is 1. The van der Waals surface area contributed by atoms with Crippen LogP contribution in [-0.2, 0) is 16.0 Å². The number of hydrogen-bond acceptors (Lipinski definition) is 6. The molecule has 2 rings (SSSR count). The van der Waals surface area contributed by atoms with Crippen LogP contribution in [0.4, 0.5) is 5.69 Å². The van der Waals surface area contributed by atoms with E-state index in [2.05, 4.69) is 15.8 Å². The molecule has 0 spiro atoms. The number of ether oxygens (including phenoxy) is 3. The molecule has 2 aromatic rings. The van der Waals surface area contributed by atoms with Crippen molar-refractivity contribution in [1.82, 2.24) is 5.43 Å². The lowest BCUT2D eigenvalue weighted by atomic mass is 10.1. The van der Waals surface area contributed by atoms with E-state index in [0.29, 0.717) is 28.5 Å². The van der Waals surface area contributed by atoms with Crippen molar-refractivity contribution in [3.8, 4) is 17.2 Å². The van der Waals surface area contributed by atoms with Crippen LogP contribution in [0.2, 0.25) is 0 Å². The van der Waals surface area contributed by atoms with Crippen LogP contribution in [0.15, 0.2) is 41.5 Å². The van der Waals surface area contributed by atoms with Crippen molar-refractivity contribution in [2.75, 3.05) is 26.6 Å². The van der Waals surface area contributed by atoms with Crippen LogP contribution in [-0.4, -0.2) is 39.4 Å². The minimum Gasteiger partial charge on any atom is -0.493 e. The highest BCUT2D eigenvalue weighted by molar-refractivity contribution is 6.39. The maximum absolute atomic E-state index is 12.0. The summed E-state index contributed by atoms with van der Waals surface area (Å²) in [6.45, 7) is 2.03. The Hall–Kier alpha value is -3.55. The van der Waals surface area contributed by atoms with Gasteiger partial charge in [0, 0.05) is 11.3 Å². The molecule has 0 aliphatic carbocycles. The van der Waals surface area contributed by atoms with Gasteiger partial charge in [-0.25, -0.2) is 5.43 Å². The number of hydrogen-bond donors (Lipinski definition) is 2. The molecular formula is C20H23N3O5. The smallest absolute Gasteiger partial charge is 0.329 e. The number of anilines is 1. The summed E-state index contributed by atoms with van der Waals surface area (Å²) in [6.07, 6.45) is 2.24. The zero-order valence-electron chi connectivity index (χ0n) is 16.2. The van der Waals surface area contributed by atoms with Gasteiger partial charge in [0.2, 0.25) is 5.75 Å². The fourth-order valence-corrected chi connectivity index (χ4v) is 2.45. The lowest BCUT2D eigenvalue weighted by molar-refractivity contribution is -0.136. The summed E-state index contributed by atoms with van der Waals surface area (Å²) in [5, 5.41) is 6.32. The van der Waals surface area contributed by atoms with E-state index in [9.17, 15) is 9.59 Å². The first-order chi connectivity index (χ1) is 13.5. The van der Waals surface area contributed by atoms with Gasteiger partial charge >= 0.3 is 11.8 Å². The van der Waals surface area contributed by atoms with Crippen molar-refractivity contribution < 1.29 is 23.8 Å². The number of aryl methyl sites for hydroxylation is 1. The third-order valence-electron chi connectivity index (χ3n) is 3.93. The monoisotopic (exact) mass is 385 g/mol. The Bertz CT molecular complexity index is 863. The molecule has 0 bridgehead atoms. The van der Waals surface area contributed by atoms with Crippen molar-refractivity contribution in [2.24, 2.45) is 5.10 Å². The van der Waals surface area contributed by atoms with Crippen molar-refractivity contribution in [3.63, 3.8) is 0 Å². The first kappa shape index (κ1) is 20.8. The van der Waals surface area contributed by atoms with Gasteiger partial charge in [-0.3, -0.25) is 9.59 Å². The molecule has 0 saturated carbocycles. The summed E-state index contributed by atoms with van der Waals surface area (Å²) in [6, 6.07) is 10.6. The lowest BCUT2D eigenvalue weighted by Gasteiger charge is -2.13. The molecule has 0 fully saturated rings. The van der Waals surface area contributed by atoms with Gasteiger partial charge in [0.1, 0.15) is 0 Å². The molecule has 2 N–H and O–H groups in total. The molecular weight excluding hydrogens is 362 g/mol. The van der Waals surface area contributed by atoms with E-state index in [4.69, 9.17) is 14.2 Å². The molecule has 0 saturated heterocycles. The highest BCUT2D eigenvalue weighted by Crippen LogP contribution is 2.38. The van der Waals surface area contributed by atoms with E-state index in [0.717, 1.165) is 12.0 Å². The molecule has 0 radical (unpaired) electrons. The predicted octanol–water partition coefficient (Wildman–Crippen LogP) is 2.36. The van der Waals surface area contributed by atoms with Crippen LogP contribution in [0.25, 0.3) is 0 Å². The van der Waals surface area contributed by atoms with E-state index >= 15 is 0 Å². The molecule has 0 unspecified atom stereocenters. The number of nitrogens with zero attached hydrogens (tertiary/aromatic N) is 1. The molecule has 148 valence electrons. The SMILES string of the molecule is CCc1ccc(NC(=O)C(=O)N/N=C/c2ccc(OC)c(OC)c2OC)cc1. The molecule has 0 aliphatic rings. The van der Waals surface area contributed by atoms with Crippen LogP contribution in [0, 0.1) is 0 Å². The van der Waals surface area contributed by atoms with Crippen molar-refractivity contribution in [3.05, 3.63) is 47.5 Å². The van der Waals surface area contributed by atoms with Gasteiger partial charge in [-0.2, -0.15) is 5.10 Å². The third kappa shape index (κ3) is 5.00. The minimum atomic E-state index is -0.893. The highest BCUT2D eigenvalue weighted by Gasteiger charge is 2.16. The van der Waals surface area contributed by atoms with Crippen LogP contribution < -0.4 is 25.0 Å². The quantitative estimate of drug-likeness (QED) is 0.433. The Morgan fingerprint density at radius 2 is 1.61 bits per heavy atom. The summed E-state index contributed by atoms with van der Waals surface area (Å²) in [7, 11) is 4.48. The molecule has 0 aliphatic heterocycles. The van der Waals surface area contributed by atoms with Gasteiger partial charge < -0.3 is 19.5 Å². The molecule has 0 heterocycles. The number of amides is 2. The number of rotatable bonds is 7. The van der Waals surface area contributed by atoms with Gasteiger partial charge in [-0.1, -0.05) is 19.1 Å². The summed E-state index contributed by atoms with van der Waals surface area (Å²) >= 11 is 0. The van der Waals surface area contributed by atoms with Crippen LogP contribution in [0.5, 0.6) is 17.2 Å². The molecule has 2 amide bonds.